The van der Waals surface area contributed by atoms with Crippen LogP contribution < -0.4 is 5.32 Å². The van der Waals surface area contributed by atoms with Crippen LogP contribution in [0.15, 0.2) is 42.9 Å². The summed E-state index contributed by atoms with van der Waals surface area (Å²) in [7, 11) is 0. The second kappa shape index (κ2) is 4.96. The van der Waals surface area contributed by atoms with Crippen molar-refractivity contribution in [3.05, 3.63) is 54.2 Å². The summed E-state index contributed by atoms with van der Waals surface area (Å²) in [5.41, 5.74) is 1.42. The van der Waals surface area contributed by atoms with Gasteiger partial charge in [0, 0.05) is 11.8 Å². The molecule has 1 amide bonds. The van der Waals surface area contributed by atoms with E-state index in [2.05, 4.69) is 25.7 Å². The fourth-order valence-electron chi connectivity index (χ4n) is 1.85. The standard InChI is InChI=1S/C13H10FN5O/c14-11-4-2-1-3-9(11)12-10(7-17-19-12)13(20)18-8-5-15-16-6-8/h1-7H,(H,15,16)(H,17,19)(H,18,20). The Labute approximate surface area is 113 Å². The second-order valence-electron chi connectivity index (χ2n) is 4.08. The monoisotopic (exact) mass is 271 g/mol. The number of nitrogens with zero attached hydrogens (tertiary/aromatic N) is 2. The first kappa shape index (κ1) is 12.1. The minimum atomic E-state index is -0.422. The normalized spacial score (nSPS) is 10.4. The average Bonchev–Trinajstić information content (AvgIpc) is 3.09. The van der Waals surface area contributed by atoms with Crippen molar-refractivity contribution in [1.29, 1.82) is 0 Å². The molecule has 0 spiro atoms. The average molecular weight is 271 g/mol. The molecular weight excluding hydrogens is 261 g/mol. The first-order chi connectivity index (χ1) is 9.75. The quantitative estimate of drug-likeness (QED) is 0.682. The molecule has 6 nitrogen and oxygen atoms in total. The van der Waals surface area contributed by atoms with Gasteiger partial charge in [0.1, 0.15) is 5.82 Å². The van der Waals surface area contributed by atoms with Crippen LogP contribution >= 0.6 is 0 Å². The van der Waals surface area contributed by atoms with Crippen molar-refractivity contribution < 1.29 is 9.18 Å². The molecule has 0 saturated carbocycles. The van der Waals surface area contributed by atoms with Gasteiger partial charge < -0.3 is 5.32 Å². The van der Waals surface area contributed by atoms with Gasteiger partial charge in [-0.05, 0) is 12.1 Å². The van der Waals surface area contributed by atoms with Crippen molar-refractivity contribution in [3.63, 3.8) is 0 Å². The van der Waals surface area contributed by atoms with E-state index in [-0.39, 0.29) is 5.56 Å². The van der Waals surface area contributed by atoms with E-state index in [1.54, 1.807) is 24.4 Å². The zero-order chi connectivity index (χ0) is 13.9. The van der Waals surface area contributed by atoms with Crippen molar-refractivity contribution in [2.75, 3.05) is 5.32 Å². The van der Waals surface area contributed by atoms with Crippen LogP contribution in [0.3, 0.4) is 0 Å². The first-order valence-electron chi connectivity index (χ1n) is 5.84. The van der Waals surface area contributed by atoms with Crippen molar-refractivity contribution in [2.45, 2.75) is 0 Å². The Hall–Kier alpha value is -2.96. The third-order valence-corrected chi connectivity index (χ3v) is 2.78. The van der Waals surface area contributed by atoms with Crippen LogP contribution in [0.1, 0.15) is 10.4 Å². The summed E-state index contributed by atoms with van der Waals surface area (Å²) in [5.74, 6) is -0.812. The lowest BCUT2D eigenvalue weighted by molar-refractivity contribution is 0.102. The van der Waals surface area contributed by atoms with Crippen LogP contribution in [0.2, 0.25) is 0 Å². The van der Waals surface area contributed by atoms with Crippen LogP contribution in [0.5, 0.6) is 0 Å². The number of amides is 1. The Balaban J connectivity index is 1.94. The molecule has 0 aliphatic rings. The summed E-state index contributed by atoms with van der Waals surface area (Å²) in [4.78, 5) is 12.1. The predicted octanol–water partition coefficient (Wildman–Crippen LogP) is 2.19. The van der Waals surface area contributed by atoms with Crippen LogP contribution in [-0.4, -0.2) is 26.3 Å². The molecule has 7 heteroatoms. The van der Waals surface area contributed by atoms with Crippen molar-refractivity contribution in [3.8, 4) is 11.3 Å². The second-order valence-corrected chi connectivity index (χ2v) is 4.08. The Morgan fingerprint density at radius 1 is 1.20 bits per heavy atom. The lowest BCUT2D eigenvalue weighted by atomic mass is 10.1. The largest absolute Gasteiger partial charge is 0.319 e. The van der Waals surface area contributed by atoms with Gasteiger partial charge in [0.2, 0.25) is 0 Å². The third kappa shape index (κ3) is 2.16. The zero-order valence-electron chi connectivity index (χ0n) is 10.2. The molecule has 20 heavy (non-hydrogen) atoms. The number of aromatic amines is 2. The molecule has 0 aliphatic heterocycles. The number of hydrogen-bond donors (Lipinski definition) is 3. The molecule has 2 aromatic heterocycles. The highest BCUT2D eigenvalue weighted by atomic mass is 19.1. The van der Waals surface area contributed by atoms with E-state index in [1.165, 1.54) is 18.5 Å². The van der Waals surface area contributed by atoms with Gasteiger partial charge in [0.05, 0.1) is 29.3 Å². The van der Waals surface area contributed by atoms with Crippen LogP contribution in [0.4, 0.5) is 10.1 Å². The van der Waals surface area contributed by atoms with E-state index >= 15 is 0 Å². The lowest BCUT2D eigenvalue weighted by Gasteiger charge is -2.04. The van der Waals surface area contributed by atoms with Gasteiger partial charge >= 0.3 is 0 Å². The molecule has 0 aliphatic carbocycles. The Kier molecular flexibility index (Phi) is 3.00. The highest BCUT2D eigenvalue weighted by molar-refractivity contribution is 6.07. The van der Waals surface area contributed by atoms with Gasteiger partial charge in [-0.1, -0.05) is 12.1 Å². The van der Waals surface area contributed by atoms with Gasteiger partial charge in [-0.2, -0.15) is 10.2 Å². The number of hydrogen-bond acceptors (Lipinski definition) is 3. The van der Waals surface area contributed by atoms with Crippen molar-refractivity contribution in [2.24, 2.45) is 0 Å². The number of rotatable bonds is 3. The zero-order valence-corrected chi connectivity index (χ0v) is 10.2. The number of aromatic nitrogens is 4. The van der Waals surface area contributed by atoms with E-state index in [1.807, 2.05) is 0 Å². The van der Waals surface area contributed by atoms with Crippen LogP contribution in [0, 0.1) is 5.82 Å². The van der Waals surface area contributed by atoms with E-state index in [0.29, 0.717) is 16.9 Å². The van der Waals surface area contributed by atoms with E-state index < -0.39 is 11.7 Å². The Morgan fingerprint density at radius 2 is 2.05 bits per heavy atom. The topological polar surface area (TPSA) is 86.5 Å². The number of carbonyl (C=O) groups is 1. The van der Waals surface area contributed by atoms with Gasteiger partial charge in [-0.25, -0.2) is 4.39 Å². The van der Waals surface area contributed by atoms with Crippen LogP contribution in [0.25, 0.3) is 11.3 Å². The number of carbonyl (C=O) groups excluding carboxylic acids is 1. The molecule has 0 saturated heterocycles. The van der Waals surface area contributed by atoms with E-state index in [4.69, 9.17) is 0 Å². The SMILES string of the molecule is O=C(Nc1cn[nH]c1)c1cn[nH]c1-c1ccccc1F. The molecule has 100 valence electrons. The highest BCUT2D eigenvalue weighted by Crippen LogP contribution is 2.24. The molecule has 0 unspecified atom stereocenters. The highest BCUT2D eigenvalue weighted by Gasteiger charge is 2.17. The number of anilines is 1. The Bertz CT molecular complexity index is 735. The minimum absolute atomic E-state index is 0.260. The smallest absolute Gasteiger partial charge is 0.259 e. The fraction of sp³-hybridized carbons (Fsp3) is 0. The molecule has 0 fully saturated rings. The molecule has 1 aromatic carbocycles. The molecule has 2 heterocycles. The molecule has 0 radical (unpaired) electrons. The van der Waals surface area contributed by atoms with E-state index in [0.717, 1.165) is 0 Å². The Morgan fingerprint density at radius 3 is 2.80 bits per heavy atom. The molecule has 0 bridgehead atoms. The fourth-order valence-corrected chi connectivity index (χ4v) is 1.85. The maximum absolute atomic E-state index is 13.8. The van der Waals surface area contributed by atoms with Crippen LogP contribution in [-0.2, 0) is 0 Å². The molecule has 3 rings (SSSR count). The number of benzene rings is 1. The summed E-state index contributed by atoms with van der Waals surface area (Å²) in [6.07, 6.45) is 4.37. The van der Waals surface area contributed by atoms with Gasteiger partial charge in [-0.15, -0.1) is 0 Å². The molecule has 3 N–H and O–H groups in total. The minimum Gasteiger partial charge on any atom is -0.319 e. The summed E-state index contributed by atoms with van der Waals surface area (Å²) in [6, 6.07) is 6.18. The summed E-state index contributed by atoms with van der Waals surface area (Å²) in [6.45, 7) is 0. The third-order valence-electron chi connectivity index (χ3n) is 2.78. The molecule has 0 atom stereocenters. The first-order valence-corrected chi connectivity index (χ1v) is 5.84. The lowest BCUT2D eigenvalue weighted by Crippen LogP contribution is -2.11. The maximum Gasteiger partial charge on any atom is 0.259 e. The summed E-state index contributed by atoms with van der Waals surface area (Å²) in [5, 5.41) is 15.4. The van der Waals surface area contributed by atoms with Gasteiger partial charge in [0.15, 0.2) is 0 Å². The maximum atomic E-state index is 13.8. The van der Waals surface area contributed by atoms with E-state index in [9.17, 15) is 9.18 Å². The molecule has 3 aromatic rings. The number of nitrogens with one attached hydrogen (secondary N) is 3. The number of H-pyrrole nitrogens is 2. The van der Waals surface area contributed by atoms with Crippen molar-refractivity contribution >= 4 is 11.6 Å². The van der Waals surface area contributed by atoms with Crippen molar-refractivity contribution in [1.82, 2.24) is 20.4 Å². The van der Waals surface area contributed by atoms with Gasteiger partial charge in [0.25, 0.3) is 5.91 Å². The summed E-state index contributed by atoms with van der Waals surface area (Å²) < 4.78 is 13.8. The summed E-state index contributed by atoms with van der Waals surface area (Å²) >= 11 is 0. The predicted molar refractivity (Wildman–Crippen MR) is 70.5 cm³/mol. The van der Waals surface area contributed by atoms with Gasteiger partial charge in [-0.3, -0.25) is 15.0 Å². The number of halogens is 1. The molecular formula is C13H10FN5O.